The first-order valence-corrected chi connectivity index (χ1v) is 21.4. The lowest BCUT2D eigenvalue weighted by atomic mass is 9.54. The van der Waals surface area contributed by atoms with E-state index in [9.17, 15) is 30.6 Å². The van der Waals surface area contributed by atoms with Crippen LogP contribution in [0.5, 0.6) is 11.5 Å². The average molecular weight is 846 g/mol. The minimum absolute atomic E-state index is 0.00981. The van der Waals surface area contributed by atoms with Crippen LogP contribution in [0.25, 0.3) is 0 Å². The van der Waals surface area contributed by atoms with Crippen molar-refractivity contribution in [2.24, 2.45) is 16.2 Å². The Balaban J connectivity index is -0.000000195. The van der Waals surface area contributed by atoms with E-state index < -0.39 is 46.9 Å². The lowest BCUT2D eigenvalue weighted by Gasteiger charge is -2.54. The minimum atomic E-state index is -1.01. The van der Waals surface area contributed by atoms with Crippen molar-refractivity contribution in [3.63, 3.8) is 0 Å². The van der Waals surface area contributed by atoms with E-state index in [0.717, 1.165) is 22.3 Å². The van der Waals surface area contributed by atoms with Gasteiger partial charge in [0.2, 0.25) is 0 Å². The monoisotopic (exact) mass is 846 g/mol. The topological polar surface area (TPSA) is 246 Å². The summed E-state index contributed by atoms with van der Waals surface area (Å²) in [5.41, 5.74) is -3.06. The average Bonchev–Trinajstić information content (AvgIpc) is 3.03. The summed E-state index contributed by atoms with van der Waals surface area (Å²) < 4.78 is 0. The summed E-state index contributed by atoms with van der Waals surface area (Å²) in [4.78, 5) is 1.36. The molecule has 57 heavy (non-hydrogen) atoms. The Labute approximate surface area is 349 Å². The molecular weight excluding hydrogens is 753 g/mol. The van der Waals surface area contributed by atoms with Gasteiger partial charge in [-0.15, -0.1) is 0 Å². The molecule has 0 heterocycles. The number of aliphatic hydroxyl groups excluding tert-OH is 4. The highest BCUT2D eigenvalue weighted by atomic mass is 31.1. The van der Waals surface area contributed by atoms with E-state index in [4.69, 9.17) is 30.6 Å². The maximum atomic E-state index is 10.1. The molecule has 0 aliphatic rings. The molecule has 14 heteroatoms. The van der Waals surface area contributed by atoms with Crippen molar-refractivity contribution in [1.29, 1.82) is 0 Å². The van der Waals surface area contributed by atoms with Gasteiger partial charge in [0.1, 0.15) is 0 Å². The van der Waals surface area contributed by atoms with Crippen LogP contribution >= 0.6 is 7.92 Å². The SMILES string of the molecule is CC(C)(O)C(C)(C)C(C)(C)C(C)(C)O.CC(C)(O)C(C)(C)C(C)(C)O.CC(C)(O)C(C)(C)O.CN(CO)CO.CP(CO)CO.Cc1c(C)c(C)c(O)c(O)c1C. The Morgan fingerprint density at radius 3 is 0.649 bits per heavy atom. The molecule has 0 atom stereocenters. The predicted molar refractivity (Wildman–Crippen MR) is 237 cm³/mol. The van der Waals surface area contributed by atoms with Gasteiger partial charge in [-0.25, -0.2) is 0 Å². The zero-order chi connectivity index (χ0) is 47.9. The summed E-state index contributed by atoms with van der Waals surface area (Å²) >= 11 is 0. The molecule has 0 radical (unpaired) electrons. The van der Waals surface area contributed by atoms with Crippen LogP contribution in [-0.2, 0) is 0 Å². The molecule has 0 saturated carbocycles. The first-order valence-electron chi connectivity index (χ1n) is 19.2. The van der Waals surface area contributed by atoms with E-state index in [2.05, 4.69) is 0 Å². The normalized spacial score (nSPS) is 13.1. The van der Waals surface area contributed by atoms with Gasteiger partial charge in [0, 0.05) is 16.2 Å². The molecule has 1 rings (SSSR count). The number of aromatic hydroxyl groups is 2. The standard InChI is InChI=1S/C12H26O2.C10H14O2.C9H20O2.C6H14O2.C3H9NO2.C3H9O2P/c1-9(2,11(5,6)13)10(3,4)12(7,8)14;1-5-6(2)8(4)10(12)9(11)7(5)3;1-7(2,8(3,4)10)9(5,6)11;1-5(2,7)6(3,4)8;1-4(2-5)3-6;1-6(2-4)3-5/h13-14H,1-8H3;11-12H,1-4H3;10-11H,1-6H3;7-8H,1-4H3;5-6H,2-3H2,1H3;4-5H,2-3H2,1H3. The number of nitrogens with zero attached hydrogens (tertiary/aromatic N) is 1. The second-order valence-corrected chi connectivity index (χ2v) is 22.0. The van der Waals surface area contributed by atoms with Gasteiger partial charge in [0.05, 0.1) is 59.8 Å². The first-order chi connectivity index (χ1) is 24.6. The zero-order valence-electron chi connectivity index (χ0n) is 40.6. The Bertz CT molecular complexity index is 1080. The largest absolute Gasteiger partial charge is 0.504 e. The van der Waals surface area contributed by atoms with Gasteiger partial charge in [0.25, 0.3) is 0 Å². The number of phenols is 2. The Hall–Kier alpha value is -1.19. The molecule has 1 aromatic rings. The highest BCUT2D eigenvalue weighted by Crippen LogP contribution is 2.52. The summed E-state index contributed by atoms with van der Waals surface area (Å²) in [5.74, 6) is 0.0196. The molecule has 12 N–H and O–H groups in total. The van der Waals surface area contributed by atoms with Gasteiger partial charge in [-0.05, 0) is 147 Å². The molecule has 346 valence electrons. The number of benzene rings is 1. The highest BCUT2D eigenvalue weighted by molar-refractivity contribution is 7.56. The summed E-state index contributed by atoms with van der Waals surface area (Å²) in [7, 11) is 1.15. The number of phenolic OH excluding ortho intramolecular Hbond substituents is 2. The van der Waals surface area contributed by atoms with Crippen LogP contribution in [0, 0.1) is 43.9 Å². The number of rotatable bonds is 10. The molecule has 1 aromatic carbocycles. The van der Waals surface area contributed by atoms with Gasteiger partial charge in [-0.3, -0.25) is 4.90 Å². The van der Waals surface area contributed by atoms with Crippen molar-refractivity contribution in [3.05, 3.63) is 22.3 Å². The van der Waals surface area contributed by atoms with Gasteiger partial charge in [0.15, 0.2) is 11.5 Å². The van der Waals surface area contributed by atoms with Crippen molar-refractivity contribution < 1.29 is 61.3 Å². The van der Waals surface area contributed by atoms with Crippen LogP contribution in [-0.4, -0.2) is 140 Å². The fourth-order valence-corrected chi connectivity index (χ4v) is 3.73. The smallest absolute Gasteiger partial charge is 0.160 e. The third-order valence-corrected chi connectivity index (χ3v) is 13.7. The summed E-state index contributed by atoms with van der Waals surface area (Å²) in [6, 6.07) is 0. The van der Waals surface area contributed by atoms with Gasteiger partial charge in [-0.2, -0.15) is 0 Å². The minimum Gasteiger partial charge on any atom is -0.504 e. The molecule has 0 saturated heterocycles. The molecule has 0 spiro atoms. The van der Waals surface area contributed by atoms with Gasteiger partial charge in [-0.1, -0.05) is 49.5 Å². The third-order valence-electron chi connectivity index (χ3n) is 12.8. The van der Waals surface area contributed by atoms with E-state index in [-0.39, 0.29) is 48.5 Å². The lowest BCUT2D eigenvalue weighted by Crippen LogP contribution is -2.57. The number of aliphatic hydroxyl groups is 10. The van der Waals surface area contributed by atoms with Crippen LogP contribution in [0.3, 0.4) is 0 Å². The number of hydrogen-bond donors (Lipinski definition) is 12. The molecule has 0 unspecified atom stereocenters. The molecule has 0 amide bonds. The molecule has 0 aromatic heterocycles. The van der Waals surface area contributed by atoms with Crippen LogP contribution in [0.15, 0.2) is 0 Å². The fraction of sp³-hybridized carbons (Fsp3) is 0.860. The van der Waals surface area contributed by atoms with E-state index >= 15 is 0 Å². The van der Waals surface area contributed by atoms with E-state index in [1.54, 1.807) is 104 Å². The predicted octanol–water partition coefficient (Wildman–Crippen LogP) is 5.81. The van der Waals surface area contributed by atoms with Gasteiger partial charge >= 0.3 is 0 Å². The Morgan fingerprint density at radius 2 is 0.579 bits per heavy atom. The third kappa shape index (κ3) is 21.3. The molecule has 0 bridgehead atoms. The van der Waals surface area contributed by atoms with E-state index in [1.165, 1.54) is 4.90 Å². The fourth-order valence-electron chi connectivity index (χ4n) is 3.64. The quantitative estimate of drug-likeness (QED) is 0.0757. The van der Waals surface area contributed by atoms with Gasteiger partial charge < -0.3 is 61.3 Å². The van der Waals surface area contributed by atoms with Crippen LogP contribution in [0.4, 0.5) is 0 Å². The lowest BCUT2D eigenvalue weighted by molar-refractivity contribution is -0.175. The van der Waals surface area contributed by atoms with Crippen molar-refractivity contribution in [3.8, 4) is 11.5 Å². The zero-order valence-corrected chi connectivity index (χ0v) is 41.5. The van der Waals surface area contributed by atoms with Crippen LogP contribution in [0.2, 0.25) is 0 Å². The second-order valence-electron chi connectivity index (χ2n) is 19.7. The summed E-state index contributed by atoms with van der Waals surface area (Å²) in [6.45, 7) is 41.2. The number of hydrogen-bond acceptors (Lipinski definition) is 13. The molecule has 0 aliphatic carbocycles. The van der Waals surface area contributed by atoms with Crippen molar-refractivity contribution in [2.75, 3.05) is 39.9 Å². The maximum Gasteiger partial charge on any atom is 0.160 e. The maximum absolute atomic E-state index is 10.1. The highest BCUT2D eigenvalue weighted by Gasteiger charge is 2.53. The molecule has 0 aliphatic heterocycles. The second kappa shape index (κ2) is 24.3. The summed E-state index contributed by atoms with van der Waals surface area (Å²) in [5, 5.41) is 109. The molecule has 13 nitrogen and oxygen atoms in total. The van der Waals surface area contributed by atoms with E-state index in [1.807, 2.05) is 62.1 Å². The first kappa shape index (κ1) is 64.9. The Morgan fingerprint density at radius 1 is 0.386 bits per heavy atom. The van der Waals surface area contributed by atoms with Crippen LogP contribution in [0.1, 0.15) is 147 Å². The molecule has 0 fully saturated rings. The molecular formula is C43H92NO12P. The van der Waals surface area contributed by atoms with Crippen molar-refractivity contribution >= 4 is 7.92 Å². The summed E-state index contributed by atoms with van der Waals surface area (Å²) in [6.07, 6.45) is 0.289. The van der Waals surface area contributed by atoms with Crippen LogP contribution < -0.4 is 0 Å². The van der Waals surface area contributed by atoms with Crippen molar-refractivity contribution in [2.45, 2.75) is 186 Å². The Kier molecular flexibility index (Phi) is 27.7. The van der Waals surface area contributed by atoms with E-state index in [0.29, 0.717) is 0 Å². The van der Waals surface area contributed by atoms with Crippen molar-refractivity contribution in [1.82, 2.24) is 4.90 Å².